The zero-order valence-corrected chi connectivity index (χ0v) is 3.84. The third kappa shape index (κ3) is 26.9. The summed E-state index contributed by atoms with van der Waals surface area (Å²) >= 11 is 0. The SMILES string of the molecule is [2H]C([2H])([2H])P(C)C. The molecule has 0 spiro atoms. The highest BCUT2D eigenvalue weighted by Gasteiger charge is 1.65. The summed E-state index contributed by atoms with van der Waals surface area (Å²) in [4.78, 5) is 0. The van der Waals surface area contributed by atoms with E-state index in [9.17, 15) is 0 Å². The Labute approximate surface area is 33.2 Å². The lowest BCUT2D eigenvalue weighted by molar-refractivity contribution is 2.13. The highest BCUT2D eigenvalue weighted by Crippen LogP contribution is 2.14. The normalized spacial score (nSPS) is 23.2. The molecule has 1 heteroatoms. The van der Waals surface area contributed by atoms with Crippen molar-refractivity contribution >= 4 is 7.92 Å². The fraction of sp³-hybridized carbons (Fsp3) is 1.00. The fourth-order valence-corrected chi connectivity index (χ4v) is 0. The van der Waals surface area contributed by atoms with Gasteiger partial charge in [-0.25, -0.2) is 0 Å². The van der Waals surface area contributed by atoms with Crippen molar-refractivity contribution in [1.82, 2.24) is 0 Å². The van der Waals surface area contributed by atoms with E-state index in [1.807, 2.05) is 0 Å². The van der Waals surface area contributed by atoms with E-state index in [2.05, 4.69) is 0 Å². The Morgan fingerprint density at radius 3 is 2.00 bits per heavy atom. The lowest BCUT2D eigenvalue weighted by Gasteiger charge is -1.81. The molecule has 0 unspecified atom stereocenters. The van der Waals surface area contributed by atoms with Gasteiger partial charge in [0.15, 0.2) is 0 Å². The van der Waals surface area contributed by atoms with E-state index < -0.39 is 14.5 Å². The topological polar surface area (TPSA) is 0 Å². The van der Waals surface area contributed by atoms with E-state index in [0.717, 1.165) is 0 Å². The lowest BCUT2D eigenvalue weighted by Crippen LogP contribution is -1.48. The van der Waals surface area contributed by atoms with E-state index in [0.29, 0.717) is 0 Å². The predicted molar refractivity (Wildman–Crippen MR) is 24.7 cm³/mol. The molecular weight excluding hydrogens is 67.0 g/mol. The number of rotatable bonds is 0. The van der Waals surface area contributed by atoms with Gasteiger partial charge in [-0.05, 0) is 19.9 Å². The molecule has 0 saturated carbocycles. The molecule has 0 aliphatic rings. The second-order valence-corrected chi connectivity index (χ2v) is 2.68. The second kappa shape index (κ2) is 1.72. The highest BCUT2D eigenvalue weighted by atomic mass is 31.1. The third-order valence-electron chi connectivity index (χ3n) is 0. The quantitative estimate of drug-likeness (QED) is 0.384. The van der Waals surface area contributed by atoms with Crippen molar-refractivity contribution in [1.29, 1.82) is 0 Å². The van der Waals surface area contributed by atoms with E-state index in [4.69, 9.17) is 4.11 Å². The van der Waals surface area contributed by atoms with E-state index in [1.165, 1.54) is 0 Å². The van der Waals surface area contributed by atoms with E-state index in [-0.39, 0.29) is 0 Å². The highest BCUT2D eigenvalue weighted by molar-refractivity contribution is 7.55. The van der Waals surface area contributed by atoms with Gasteiger partial charge in [0.1, 0.15) is 0 Å². The Morgan fingerprint density at radius 1 is 1.75 bits per heavy atom. The first-order chi connectivity index (χ1) is 2.94. The van der Waals surface area contributed by atoms with Gasteiger partial charge >= 0.3 is 0 Å². The van der Waals surface area contributed by atoms with Crippen LogP contribution < -0.4 is 0 Å². The molecule has 26 valence electrons. The van der Waals surface area contributed by atoms with Crippen LogP contribution in [0.5, 0.6) is 0 Å². The molecule has 0 fully saturated rings. The average molecular weight is 79.1 g/mol. The van der Waals surface area contributed by atoms with Crippen molar-refractivity contribution in [2.24, 2.45) is 0 Å². The van der Waals surface area contributed by atoms with Crippen LogP contribution >= 0.6 is 7.92 Å². The van der Waals surface area contributed by atoms with Gasteiger partial charge < -0.3 is 0 Å². The molecular formula is C3H9P. The largest absolute Gasteiger partial charge is 0.116 e. The fourth-order valence-electron chi connectivity index (χ4n) is 0. The molecule has 0 aromatic carbocycles. The monoisotopic (exact) mass is 79.1 g/mol. The molecule has 0 aromatic rings. The van der Waals surface area contributed by atoms with E-state index >= 15 is 0 Å². The van der Waals surface area contributed by atoms with Crippen LogP contribution in [0.4, 0.5) is 0 Å². The van der Waals surface area contributed by atoms with Crippen molar-refractivity contribution in [3.05, 3.63) is 0 Å². The van der Waals surface area contributed by atoms with Gasteiger partial charge in [0.05, 0.1) is 0 Å². The van der Waals surface area contributed by atoms with Gasteiger partial charge in [-0.15, -0.1) is 7.92 Å². The Morgan fingerprint density at radius 2 is 2.00 bits per heavy atom. The summed E-state index contributed by atoms with van der Waals surface area (Å²) in [5.74, 6) is 0. The summed E-state index contributed by atoms with van der Waals surface area (Å²) in [6.07, 6.45) is 0. The van der Waals surface area contributed by atoms with Crippen LogP contribution in [-0.4, -0.2) is 19.9 Å². The molecule has 4 heavy (non-hydrogen) atoms. The minimum absolute atomic E-state index is 0.742. The van der Waals surface area contributed by atoms with Gasteiger partial charge in [0, 0.05) is 4.11 Å². The van der Waals surface area contributed by atoms with Crippen LogP contribution in [0.25, 0.3) is 0 Å². The first-order valence-electron chi connectivity index (χ1n) is 2.62. The molecule has 0 aromatic heterocycles. The molecule has 0 N–H and O–H groups in total. The minimum atomic E-state index is -1.69. The summed E-state index contributed by atoms with van der Waals surface area (Å²) in [7, 11) is -0.742. The van der Waals surface area contributed by atoms with Crippen LogP contribution in [0.15, 0.2) is 0 Å². The van der Waals surface area contributed by atoms with Gasteiger partial charge in [-0.3, -0.25) is 0 Å². The van der Waals surface area contributed by atoms with Crippen LogP contribution in [-0.2, 0) is 0 Å². The Balaban J connectivity index is 3.54. The molecule has 0 rings (SSSR count). The Hall–Kier alpha value is 0.430. The lowest BCUT2D eigenvalue weighted by atomic mass is 11.9. The van der Waals surface area contributed by atoms with Crippen LogP contribution in [0.3, 0.4) is 0 Å². The maximum absolute atomic E-state index is 6.75. The molecule has 0 radical (unpaired) electrons. The van der Waals surface area contributed by atoms with Gasteiger partial charge in [-0.2, -0.15) is 0 Å². The zero-order chi connectivity index (χ0) is 6.08. The third-order valence-corrected chi connectivity index (χ3v) is 0. The van der Waals surface area contributed by atoms with Crippen molar-refractivity contribution in [2.45, 2.75) is 0 Å². The minimum Gasteiger partial charge on any atom is -0.116 e. The van der Waals surface area contributed by atoms with Gasteiger partial charge in [0.25, 0.3) is 0 Å². The van der Waals surface area contributed by atoms with Crippen molar-refractivity contribution in [2.75, 3.05) is 19.9 Å². The van der Waals surface area contributed by atoms with Crippen LogP contribution in [0.1, 0.15) is 4.11 Å². The predicted octanol–water partition coefficient (Wildman–Crippen LogP) is 1.36. The summed E-state index contributed by atoms with van der Waals surface area (Å²) in [5.41, 5.74) is 0. The van der Waals surface area contributed by atoms with Crippen LogP contribution in [0.2, 0.25) is 0 Å². The Bertz CT molecular complexity index is 55.7. The first-order valence-corrected chi connectivity index (χ1v) is 3.35. The Kier molecular flexibility index (Phi) is 0.543. The number of hydrogen-bond donors (Lipinski definition) is 0. The molecule has 0 atom stereocenters. The molecule has 0 nitrogen and oxygen atoms in total. The molecule has 0 saturated heterocycles. The van der Waals surface area contributed by atoms with Gasteiger partial charge in [0.2, 0.25) is 0 Å². The zero-order valence-electron chi connectivity index (χ0n) is 5.95. The number of hydrogen-bond acceptors (Lipinski definition) is 0. The van der Waals surface area contributed by atoms with Crippen molar-refractivity contribution in [3.63, 3.8) is 0 Å². The molecule has 0 heterocycles. The standard InChI is InChI=1S/C3H9P/c1-4(2)3/h1-3H3/i1D3. The summed E-state index contributed by atoms with van der Waals surface area (Å²) < 4.78 is 20.2. The maximum atomic E-state index is 6.75. The molecule has 0 aliphatic carbocycles. The molecule has 0 amide bonds. The molecule has 0 aliphatic heterocycles. The smallest absolute Gasteiger partial charge is 0.0279 e. The van der Waals surface area contributed by atoms with Crippen LogP contribution in [0, 0.1) is 0 Å². The van der Waals surface area contributed by atoms with E-state index in [1.54, 1.807) is 13.3 Å². The summed E-state index contributed by atoms with van der Waals surface area (Å²) in [6, 6.07) is 0. The average Bonchev–Trinajstić information content (AvgIpc) is 1.31. The summed E-state index contributed by atoms with van der Waals surface area (Å²) in [5, 5.41) is 0. The van der Waals surface area contributed by atoms with Gasteiger partial charge in [-0.1, -0.05) is 0 Å². The summed E-state index contributed by atoms with van der Waals surface area (Å²) in [6.45, 7) is 1.82. The van der Waals surface area contributed by atoms with Crippen molar-refractivity contribution < 1.29 is 4.11 Å². The second-order valence-electron chi connectivity index (χ2n) is 0.894. The first kappa shape index (κ1) is 1.26. The molecule has 0 bridgehead atoms. The van der Waals surface area contributed by atoms with Crippen molar-refractivity contribution in [3.8, 4) is 0 Å². The maximum Gasteiger partial charge on any atom is 0.0279 e.